The van der Waals surface area contributed by atoms with Crippen LogP contribution < -0.4 is 5.32 Å². The third kappa shape index (κ3) is 3.52. The van der Waals surface area contributed by atoms with Crippen molar-refractivity contribution in [3.63, 3.8) is 0 Å². The number of rotatable bonds is 5. The summed E-state index contributed by atoms with van der Waals surface area (Å²) in [5.41, 5.74) is 0.334. The van der Waals surface area contributed by atoms with E-state index in [1.54, 1.807) is 13.0 Å². The molecule has 0 spiro atoms. The number of fused-ring (bicyclic) bond motifs is 1. The van der Waals surface area contributed by atoms with Crippen molar-refractivity contribution < 1.29 is 22.4 Å². The van der Waals surface area contributed by atoms with Gasteiger partial charge in [-0.3, -0.25) is 4.79 Å². The third-order valence-electron chi connectivity index (χ3n) is 3.64. The summed E-state index contributed by atoms with van der Waals surface area (Å²) in [5, 5.41) is 1.60. The Labute approximate surface area is 150 Å². The van der Waals surface area contributed by atoms with E-state index in [0.29, 0.717) is 17.1 Å². The average Bonchev–Trinajstić information content (AvgIpc) is 3.04. The Morgan fingerprint density at radius 2 is 1.85 bits per heavy atom. The quantitative estimate of drug-likeness (QED) is 0.384. The van der Waals surface area contributed by atoms with Crippen LogP contribution in [0.3, 0.4) is 0 Å². The van der Waals surface area contributed by atoms with Crippen LogP contribution in [-0.2, 0) is 4.79 Å². The lowest BCUT2D eigenvalue weighted by Gasteiger charge is -2.14. The zero-order valence-electron chi connectivity index (χ0n) is 13.4. The van der Waals surface area contributed by atoms with Crippen molar-refractivity contribution >= 4 is 34.4 Å². The predicted octanol–water partition coefficient (Wildman–Crippen LogP) is 4.63. The average molecular weight is 383 g/mol. The summed E-state index contributed by atoms with van der Waals surface area (Å²) < 4.78 is 54.0. The maximum atomic E-state index is 13.7. The number of aromatic nitrogens is 2. The van der Waals surface area contributed by atoms with Crippen LogP contribution in [0.4, 0.5) is 23.2 Å². The van der Waals surface area contributed by atoms with Crippen LogP contribution in [0.15, 0.2) is 35.5 Å². The normalized spacial score (nSPS) is 12.3. The fraction of sp³-hybridized carbons (Fsp3) is 0.176. The predicted molar refractivity (Wildman–Crippen MR) is 90.9 cm³/mol. The molecular formula is C17H13F4N3OS. The number of hydrogen-bond donors (Lipinski definition) is 2. The van der Waals surface area contributed by atoms with Gasteiger partial charge in [0, 0.05) is 6.07 Å². The van der Waals surface area contributed by atoms with E-state index in [9.17, 15) is 22.4 Å². The molecule has 3 aromatic rings. The van der Waals surface area contributed by atoms with Crippen LogP contribution in [0, 0.1) is 23.3 Å². The number of halogens is 4. The van der Waals surface area contributed by atoms with Gasteiger partial charge in [0.15, 0.2) is 28.4 Å². The molecule has 1 heterocycles. The number of H-pyrrole nitrogens is 1. The van der Waals surface area contributed by atoms with Gasteiger partial charge in [-0.1, -0.05) is 30.8 Å². The maximum absolute atomic E-state index is 13.7. The summed E-state index contributed by atoms with van der Waals surface area (Å²) in [6.45, 7) is 1.69. The van der Waals surface area contributed by atoms with Gasteiger partial charge in [0.1, 0.15) is 5.69 Å². The molecule has 0 aliphatic carbocycles. The SMILES string of the molecule is CCC(Sc1nc2ccccc2[nH]1)C(=O)Nc1c(F)c(F)cc(F)c1F. The number of benzene rings is 2. The van der Waals surface area contributed by atoms with Gasteiger partial charge in [0.2, 0.25) is 5.91 Å². The van der Waals surface area contributed by atoms with Crippen molar-refractivity contribution in [2.24, 2.45) is 0 Å². The van der Waals surface area contributed by atoms with Gasteiger partial charge in [0.05, 0.1) is 16.3 Å². The third-order valence-corrected chi connectivity index (χ3v) is 4.89. The first kappa shape index (κ1) is 18.2. The second kappa shape index (κ2) is 7.36. The van der Waals surface area contributed by atoms with Crippen molar-refractivity contribution in [1.82, 2.24) is 9.97 Å². The van der Waals surface area contributed by atoms with E-state index in [0.717, 1.165) is 17.3 Å². The van der Waals surface area contributed by atoms with Crippen molar-refractivity contribution in [1.29, 1.82) is 0 Å². The minimum atomic E-state index is -1.65. The number of nitrogens with zero attached hydrogens (tertiary/aromatic N) is 1. The molecule has 4 nitrogen and oxygen atoms in total. The topological polar surface area (TPSA) is 57.8 Å². The summed E-state index contributed by atoms with van der Waals surface area (Å²) in [4.78, 5) is 19.7. The Morgan fingerprint density at radius 3 is 2.46 bits per heavy atom. The summed E-state index contributed by atoms with van der Waals surface area (Å²) in [7, 11) is 0. The van der Waals surface area contributed by atoms with Crippen LogP contribution in [0.1, 0.15) is 13.3 Å². The van der Waals surface area contributed by atoms with E-state index in [2.05, 4.69) is 9.97 Å². The second-order valence-electron chi connectivity index (χ2n) is 5.41. The molecule has 0 saturated carbocycles. The molecule has 0 radical (unpaired) electrons. The molecule has 1 aromatic heterocycles. The van der Waals surface area contributed by atoms with Crippen molar-refractivity contribution in [2.45, 2.75) is 23.8 Å². The molecule has 136 valence electrons. The minimum Gasteiger partial charge on any atom is -0.333 e. The van der Waals surface area contributed by atoms with Crippen LogP contribution in [-0.4, -0.2) is 21.1 Å². The number of hydrogen-bond acceptors (Lipinski definition) is 3. The Balaban J connectivity index is 1.81. The van der Waals surface area contributed by atoms with Crippen molar-refractivity contribution in [2.75, 3.05) is 5.32 Å². The maximum Gasteiger partial charge on any atom is 0.238 e. The number of carbonyl (C=O) groups excluding carboxylic acids is 1. The van der Waals surface area contributed by atoms with Gasteiger partial charge in [-0.05, 0) is 18.6 Å². The highest BCUT2D eigenvalue weighted by Gasteiger charge is 2.25. The summed E-state index contributed by atoms with van der Waals surface area (Å²) in [5.74, 6) is -7.27. The van der Waals surface area contributed by atoms with Gasteiger partial charge in [-0.25, -0.2) is 22.5 Å². The zero-order chi connectivity index (χ0) is 18.8. The summed E-state index contributed by atoms with van der Waals surface area (Å²) in [6.07, 6.45) is 0.300. The summed E-state index contributed by atoms with van der Waals surface area (Å²) >= 11 is 1.05. The standard InChI is InChI=1S/C17H13F4N3OS/c1-2-12(26-17-22-10-5-3-4-6-11(10)23-17)16(25)24-15-13(20)8(18)7-9(19)14(15)21/h3-7,12H,2H2,1H3,(H,22,23)(H,24,25). The van der Waals surface area contributed by atoms with E-state index in [1.807, 2.05) is 23.5 Å². The molecule has 0 bridgehead atoms. The highest BCUT2D eigenvalue weighted by molar-refractivity contribution is 8.00. The first-order chi connectivity index (χ1) is 12.4. The van der Waals surface area contributed by atoms with Crippen LogP contribution in [0.2, 0.25) is 0 Å². The zero-order valence-corrected chi connectivity index (χ0v) is 14.3. The molecule has 0 aliphatic rings. The molecule has 2 N–H and O–H groups in total. The molecule has 3 rings (SSSR count). The fourth-order valence-electron chi connectivity index (χ4n) is 2.33. The molecule has 1 unspecified atom stereocenters. The number of amides is 1. The first-order valence-electron chi connectivity index (χ1n) is 7.66. The monoisotopic (exact) mass is 383 g/mol. The molecule has 2 aromatic carbocycles. The molecule has 26 heavy (non-hydrogen) atoms. The van der Waals surface area contributed by atoms with Crippen LogP contribution in [0.25, 0.3) is 11.0 Å². The van der Waals surface area contributed by atoms with E-state index >= 15 is 0 Å². The lowest BCUT2D eigenvalue weighted by molar-refractivity contribution is -0.115. The van der Waals surface area contributed by atoms with E-state index < -0.39 is 40.1 Å². The Morgan fingerprint density at radius 1 is 1.19 bits per heavy atom. The number of carbonyl (C=O) groups is 1. The molecule has 0 saturated heterocycles. The number of para-hydroxylation sites is 2. The van der Waals surface area contributed by atoms with Gasteiger partial charge in [-0.2, -0.15) is 0 Å². The van der Waals surface area contributed by atoms with Crippen molar-refractivity contribution in [3.8, 4) is 0 Å². The number of aromatic amines is 1. The number of thioether (sulfide) groups is 1. The summed E-state index contributed by atoms with van der Waals surface area (Å²) in [6, 6.07) is 7.32. The number of anilines is 1. The first-order valence-corrected chi connectivity index (χ1v) is 8.54. The highest BCUT2D eigenvalue weighted by Crippen LogP contribution is 2.28. The molecule has 0 aliphatic heterocycles. The minimum absolute atomic E-state index is 0.0841. The van der Waals surface area contributed by atoms with Crippen LogP contribution >= 0.6 is 11.8 Å². The van der Waals surface area contributed by atoms with E-state index in [4.69, 9.17) is 0 Å². The van der Waals surface area contributed by atoms with Gasteiger partial charge in [0.25, 0.3) is 0 Å². The smallest absolute Gasteiger partial charge is 0.238 e. The van der Waals surface area contributed by atoms with Gasteiger partial charge >= 0.3 is 0 Å². The molecular weight excluding hydrogens is 370 g/mol. The largest absolute Gasteiger partial charge is 0.333 e. The van der Waals surface area contributed by atoms with Crippen molar-refractivity contribution in [3.05, 3.63) is 53.6 Å². The lowest BCUT2D eigenvalue weighted by Crippen LogP contribution is -2.26. The lowest BCUT2D eigenvalue weighted by atomic mass is 10.2. The van der Waals surface area contributed by atoms with E-state index in [-0.39, 0.29) is 6.07 Å². The Hall–Kier alpha value is -2.55. The Kier molecular flexibility index (Phi) is 5.17. The molecule has 1 atom stereocenters. The van der Waals surface area contributed by atoms with E-state index in [1.165, 1.54) is 0 Å². The number of imidazole rings is 1. The van der Waals surface area contributed by atoms with Crippen LogP contribution in [0.5, 0.6) is 0 Å². The highest BCUT2D eigenvalue weighted by atomic mass is 32.2. The van der Waals surface area contributed by atoms with Gasteiger partial charge in [-0.15, -0.1) is 0 Å². The number of nitrogens with one attached hydrogen (secondary N) is 2. The Bertz CT molecular complexity index is 917. The second-order valence-corrected chi connectivity index (χ2v) is 6.60. The fourth-order valence-corrected chi connectivity index (χ4v) is 3.25. The molecule has 0 fully saturated rings. The van der Waals surface area contributed by atoms with Gasteiger partial charge < -0.3 is 10.3 Å². The molecule has 1 amide bonds. The molecule has 9 heteroatoms.